The highest BCUT2D eigenvalue weighted by molar-refractivity contribution is 6.04. The van der Waals surface area contributed by atoms with Gasteiger partial charge in [0.2, 0.25) is 0 Å². The standard InChI is InChI=1S/C23H22N2O5/c1-14(2)20-12-18(17-6-4-5-7-19(17)25-20)23(28)30-13-21(26)24-16-10-8-15(9-11-16)22(27)29-3/h4-12,14H,13H2,1-3H3,(H,24,26). The van der Waals surface area contributed by atoms with Crippen molar-refractivity contribution in [3.8, 4) is 0 Å². The van der Waals surface area contributed by atoms with Crippen LogP contribution in [0.3, 0.4) is 0 Å². The van der Waals surface area contributed by atoms with Crippen molar-refractivity contribution in [3.05, 3.63) is 71.4 Å². The van der Waals surface area contributed by atoms with Crippen molar-refractivity contribution in [3.63, 3.8) is 0 Å². The van der Waals surface area contributed by atoms with E-state index in [0.29, 0.717) is 27.7 Å². The molecule has 0 saturated carbocycles. The summed E-state index contributed by atoms with van der Waals surface area (Å²) in [7, 11) is 1.29. The smallest absolute Gasteiger partial charge is 0.339 e. The fourth-order valence-electron chi connectivity index (χ4n) is 2.87. The van der Waals surface area contributed by atoms with Gasteiger partial charge < -0.3 is 14.8 Å². The molecule has 0 spiro atoms. The third-order valence-corrected chi connectivity index (χ3v) is 4.47. The first-order chi connectivity index (χ1) is 14.4. The number of nitrogens with zero attached hydrogens (tertiary/aromatic N) is 1. The minimum atomic E-state index is -0.591. The zero-order valence-electron chi connectivity index (χ0n) is 17.0. The normalized spacial score (nSPS) is 10.7. The van der Waals surface area contributed by atoms with Crippen LogP contribution in [0.2, 0.25) is 0 Å². The molecular weight excluding hydrogens is 384 g/mol. The molecule has 1 N–H and O–H groups in total. The number of rotatable bonds is 6. The molecule has 0 fully saturated rings. The second-order valence-corrected chi connectivity index (χ2v) is 6.96. The molecule has 1 amide bonds. The number of hydrogen-bond donors (Lipinski definition) is 1. The summed E-state index contributed by atoms with van der Waals surface area (Å²) in [5.74, 6) is -1.41. The predicted molar refractivity (Wildman–Crippen MR) is 113 cm³/mol. The Kier molecular flexibility index (Phi) is 6.41. The van der Waals surface area contributed by atoms with Gasteiger partial charge in [0.1, 0.15) is 0 Å². The Hall–Kier alpha value is -3.74. The van der Waals surface area contributed by atoms with Crippen molar-refractivity contribution in [1.29, 1.82) is 0 Å². The first kappa shape index (κ1) is 21.0. The maximum Gasteiger partial charge on any atom is 0.339 e. The van der Waals surface area contributed by atoms with Gasteiger partial charge in [0.15, 0.2) is 6.61 Å². The molecule has 0 unspecified atom stereocenters. The second kappa shape index (κ2) is 9.17. The number of carbonyl (C=O) groups excluding carboxylic acids is 3. The number of para-hydroxylation sites is 1. The molecular formula is C23H22N2O5. The van der Waals surface area contributed by atoms with Crippen molar-refractivity contribution in [2.75, 3.05) is 19.0 Å². The number of fused-ring (bicyclic) bond motifs is 1. The fourth-order valence-corrected chi connectivity index (χ4v) is 2.87. The summed E-state index contributed by atoms with van der Waals surface area (Å²) in [6.45, 7) is 3.54. The minimum Gasteiger partial charge on any atom is -0.465 e. The van der Waals surface area contributed by atoms with Crippen LogP contribution < -0.4 is 5.32 Å². The predicted octanol–water partition coefficient (Wildman–Crippen LogP) is 3.94. The van der Waals surface area contributed by atoms with E-state index in [0.717, 1.165) is 5.69 Å². The number of pyridine rings is 1. The lowest BCUT2D eigenvalue weighted by atomic mass is 10.0. The SMILES string of the molecule is COC(=O)c1ccc(NC(=O)COC(=O)c2cc(C(C)C)nc3ccccc23)cc1. The molecule has 0 aliphatic carbocycles. The minimum absolute atomic E-state index is 0.136. The highest BCUT2D eigenvalue weighted by Gasteiger charge is 2.17. The molecule has 0 aliphatic heterocycles. The van der Waals surface area contributed by atoms with E-state index in [9.17, 15) is 14.4 Å². The van der Waals surface area contributed by atoms with Gasteiger partial charge in [-0.05, 0) is 42.3 Å². The van der Waals surface area contributed by atoms with Gasteiger partial charge in [-0.2, -0.15) is 0 Å². The molecule has 7 heteroatoms. The summed E-state index contributed by atoms with van der Waals surface area (Å²) in [5.41, 5.74) is 2.69. The van der Waals surface area contributed by atoms with Gasteiger partial charge in [-0.15, -0.1) is 0 Å². The highest BCUT2D eigenvalue weighted by atomic mass is 16.5. The number of amides is 1. The lowest BCUT2D eigenvalue weighted by Crippen LogP contribution is -2.21. The molecule has 7 nitrogen and oxygen atoms in total. The number of ether oxygens (including phenoxy) is 2. The monoisotopic (exact) mass is 406 g/mol. The summed E-state index contributed by atoms with van der Waals surface area (Å²) < 4.78 is 9.86. The number of hydrogen-bond acceptors (Lipinski definition) is 6. The van der Waals surface area contributed by atoms with Crippen LogP contribution in [0.25, 0.3) is 10.9 Å². The number of esters is 2. The molecule has 0 aliphatic rings. The first-order valence-corrected chi connectivity index (χ1v) is 9.44. The van der Waals surface area contributed by atoms with E-state index in [1.165, 1.54) is 19.2 Å². The third-order valence-electron chi connectivity index (χ3n) is 4.47. The van der Waals surface area contributed by atoms with Crippen molar-refractivity contribution < 1.29 is 23.9 Å². The average molecular weight is 406 g/mol. The Balaban J connectivity index is 1.68. The number of carbonyl (C=O) groups is 3. The van der Waals surface area contributed by atoms with Crippen LogP contribution in [0.1, 0.15) is 46.2 Å². The molecule has 1 heterocycles. The van der Waals surface area contributed by atoms with E-state index in [4.69, 9.17) is 4.74 Å². The summed E-state index contributed by atoms with van der Waals surface area (Å²) in [6, 6.07) is 15.2. The van der Waals surface area contributed by atoms with Gasteiger partial charge in [0.05, 0.1) is 23.8 Å². The quantitative estimate of drug-likeness (QED) is 0.623. The van der Waals surface area contributed by atoms with Gasteiger partial charge in [-0.1, -0.05) is 32.0 Å². The van der Waals surface area contributed by atoms with Gasteiger partial charge in [0.25, 0.3) is 5.91 Å². The number of nitrogens with one attached hydrogen (secondary N) is 1. The van der Waals surface area contributed by atoms with E-state index in [2.05, 4.69) is 15.0 Å². The summed E-state index contributed by atoms with van der Waals surface area (Å²) in [6.07, 6.45) is 0. The summed E-state index contributed by atoms with van der Waals surface area (Å²) in [4.78, 5) is 40.9. The number of anilines is 1. The molecule has 30 heavy (non-hydrogen) atoms. The second-order valence-electron chi connectivity index (χ2n) is 6.96. The van der Waals surface area contributed by atoms with Gasteiger partial charge in [-0.3, -0.25) is 9.78 Å². The van der Waals surface area contributed by atoms with Crippen molar-refractivity contribution >= 4 is 34.4 Å². The molecule has 3 rings (SSSR count). The Morgan fingerprint density at radius 3 is 2.37 bits per heavy atom. The Morgan fingerprint density at radius 2 is 1.70 bits per heavy atom. The molecule has 0 bridgehead atoms. The maximum absolute atomic E-state index is 12.7. The van der Waals surface area contributed by atoms with E-state index in [1.807, 2.05) is 32.0 Å². The van der Waals surface area contributed by atoms with Crippen LogP contribution in [-0.2, 0) is 14.3 Å². The lowest BCUT2D eigenvalue weighted by molar-refractivity contribution is -0.119. The highest BCUT2D eigenvalue weighted by Crippen LogP contribution is 2.23. The van der Waals surface area contributed by atoms with E-state index >= 15 is 0 Å². The van der Waals surface area contributed by atoms with Crippen LogP contribution in [0.4, 0.5) is 5.69 Å². The van der Waals surface area contributed by atoms with Crippen LogP contribution in [0, 0.1) is 0 Å². The zero-order valence-corrected chi connectivity index (χ0v) is 17.0. The lowest BCUT2D eigenvalue weighted by Gasteiger charge is -2.12. The number of benzene rings is 2. The Bertz CT molecular complexity index is 1090. The zero-order chi connectivity index (χ0) is 21.7. The molecule has 0 radical (unpaired) electrons. The van der Waals surface area contributed by atoms with E-state index in [-0.39, 0.29) is 5.92 Å². The van der Waals surface area contributed by atoms with Crippen molar-refractivity contribution in [2.45, 2.75) is 19.8 Å². The topological polar surface area (TPSA) is 94.6 Å². The average Bonchev–Trinajstić information content (AvgIpc) is 2.76. The Morgan fingerprint density at radius 1 is 1.00 bits per heavy atom. The molecule has 1 aromatic heterocycles. The number of methoxy groups -OCH3 is 1. The summed E-state index contributed by atoms with van der Waals surface area (Å²) in [5, 5.41) is 3.29. The first-order valence-electron chi connectivity index (χ1n) is 9.44. The maximum atomic E-state index is 12.7. The van der Waals surface area contributed by atoms with Crippen molar-refractivity contribution in [1.82, 2.24) is 4.98 Å². The van der Waals surface area contributed by atoms with Crippen molar-refractivity contribution in [2.24, 2.45) is 0 Å². The summed E-state index contributed by atoms with van der Waals surface area (Å²) >= 11 is 0. The largest absolute Gasteiger partial charge is 0.465 e. The Labute approximate surface area is 174 Å². The van der Waals surface area contributed by atoms with Crippen LogP contribution in [0.5, 0.6) is 0 Å². The molecule has 3 aromatic rings. The molecule has 0 atom stereocenters. The van der Waals surface area contributed by atoms with Crippen LogP contribution in [0.15, 0.2) is 54.6 Å². The number of aromatic nitrogens is 1. The molecule has 2 aromatic carbocycles. The molecule has 154 valence electrons. The van der Waals surface area contributed by atoms with Gasteiger partial charge >= 0.3 is 11.9 Å². The van der Waals surface area contributed by atoms with Gasteiger partial charge in [-0.25, -0.2) is 9.59 Å². The van der Waals surface area contributed by atoms with Crippen LogP contribution >= 0.6 is 0 Å². The van der Waals surface area contributed by atoms with Gasteiger partial charge in [0, 0.05) is 16.8 Å². The molecule has 0 saturated heterocycles. The van der Waals surface area contributed by atoms with Crippen LogP contribution in [-0.4, -0.2) is 36.5 Å². The fraction of sp³-hybridized carbons (Fsp3) is 0.217. The third kappa shape index (κ3) is 4.81. The van der Waals surface area contributed by atoms with E-state index in [1.54, 1.807) is 24.3 Å². The van der Waals surface area contributed by atoms with E-state index < -0.39 is 24.5 Å².